The number of carbonyl (C=O) groups excluding carboxylic acids is 12. The fraction of sp³-hybridized carbons (Fsp3) is 0.657. The quantitative estimate of drug-likeness (QED) is 0.0265. The Hall–Kier alpha value is -9.84. The lowest BCUT2D eigenvalue weighted by atomic mass is 9.57. The summed E-state index contributed by atoms with van der Waals surface area (Å²) in [6.45, 7) is 25.2. The molecule has 17 aliphatic rings. The summed E-state index contributed by atoms with van der Waals surface area (Å²) in [7, 11) is 4.30. The highest BCUT2D eigenvalue weighted by atomic mass is 16.6. The standard InChI is InChI=1S/C36H47NO10.C35H47NO10.C34H43NO10/c1-19-17-20(2)36-24(13-14-25-27(36)28(38)21(3)30(31(25)47-36)46-33(40)23-11-7-8-12-23)18-26(43-5)34(41)45-29(19)22(4)44-35(42)32(39)37-15-9-6-10-16-37;1-7-8-15-36-31(38)34(41)43-21(5)28-18(2)16-19(3)35-23(17-25(42-6)33(40)44-28)13-14-24-26(35)27(37)20(4)29(30(24)46-35)45-32(39)22-11-9-10-12-22;1-16-14-17(2)34-21(15-24(41-5)32(39)43-27(16)19(4)42-33(40)30(37)35-22-11-12-22)10-13-23-25(34)26(36)18(3)28(29(23)45-34)44-31(38)20-8-6-7-9-20/h7-8,11,13-14,17,19,21-22,24-31,38H,6,9-10,12,15-16,18H2,1-5H3;9-11,13-14,16,18,20-21,23-30,37H,7-8,12,15,17H2,1-6H3,(H,36,38);6-8,10,13-14,16,18-19,21-29,36H,9,11-12,15H2,1-5H3,(H,35,37)/b20-17+;19-16+;17-14+/t19-,21-,22-,24-,25?,26+,27?,28-,29+,30-,31-,36+;18-,20-,21-,23-,24?,25+,26?,27-,28+,29-,30-,35+;16-,18-,19-,21-,23?,24+,25?,26-,27+,28-,29-,34+/m111/s1. The number of hydrogen-bond donors (Lipinski definition) is 5. The third-order valence-electron chi connectivity index (χ3n) is 32.2. The van der Waals surface area contributed by atoms with Gasteiger partial charge in [0.25, 0.3) is 0 Å². The normalized spacial score (nSPS) is 40.9. The average molecular weight is 1920 g/mol. The summed E-state index contributed by atoms with van der Waals surface area (Å²) in [6.07, 6.45) is 27.6. The molecule has 12 bridgehead atoms. The van der Waals surface area contributed by atoms with Crippen LogP contribution in [0.15, 0.2) is 143 Å². The molecule has 0 radical (unpaired) electrons. The van der Waals surface area contributed by atoms with Gasteiger partial charge < -0.3 is 102 Å². The number of aliphatic hydroxyl groups excluding tert-OH is 3. The SMILES string of the molecule is CCCCNC(=O)C(=O)O[C@H](C)[C@H]1OC(=O)[C@@H](OC)C[C@H]2C=CC3C4[C@H](O)[C@@H](C)[C@@H](OC(=O)C5=CC=CC5)[C@@H]3O[C@]42/C(C)=C/[C@H]1C.CO[C@H]1C[C@H]2C=CC3C4[C@H](O)[C@@H](C)[C@@H](OC(=O)C5=CC=CC5)[C@@H]3O[C@]42/C(C)=C/[C@@H](C)[C@@H]([C@@H](C)OC(=O)C(=O)N2CCCCC2)OC1=O.CO[C@H]1C[C@H]2C=CC3C4[C@H](O)[C@@H](C)[C@@H](OC(=O)C5=CC=CC5)[C@@H]3O[C@]42/C(C)=C/[C@@H](C)[C@@H]([C@@H](C)OC(=O)C(=O)NC2CC2)OC1=O. The van der Waals surface area contributed by atoms with Gasteiger partial charge in [-0.1, -0.05) is 164 Å². The zero-order valence-electron chi connectivity index (χ0n) is 81.6. The van der Waals surface area contributed by atoms with Crippen molar-refractivity contribution in [1.82, 2.24) is 15.5 Å². The van der Waals surface area contributed by atoms with Gasteiger partial charge in [0.15, 0.2) is 18.3 Å². The van der Waals surface area contributed by atoms with Gasteiger partial charge in [0.1, 0.15) is 90.1 Å². The van der Waals surface area contributed by atoms with Gasteiger partial charge >= 0.3 is 71.4 Å². The lowest BCUT2D eigenvalue weighted by molar-refractivity contribution is -0.182. The van der Waals surface area contributed by atoms with E-state index >= 15 is 0 Å². The number of allylic oxidation sites excluding steroid dienone is 9. The number of ether oxygens (including phenoxy) is 15. The molecule has 752 valence electrons. The number of carbonyl (C=O) groups is 12. The summed E-state index contributed by atoms with van der Waals surface area (Å²) in [5.74, 6) is -14.1. The Bertz CT molecular complexity index is 5060. The van der Waals surface area contributed by atoms with E-state index in [0.29, 0.717) is 55.6 Å². The highest BCUT2D eigenvalue weighted by molar-refractivity contribution is 6.33. The van der Waals surface area contributed by atoms with Crippen LogP contribution in [-0.4, -0.2) is 265 Å². The van der Waals surface area contributed by atoms with Crippen LogP contribution in [-0.2, 0) is 129 Å². The molecule has 33 heteroatoms. The number of hydrogen-bond acceptors (Lipinski definition) is 30. The topological polar surface area (TPSA) is 431 Å². The first-order valence-electron chi connectivity index (χ1n) is 49.5. The maximum atomic E-state index is 13.6. The van der Waals surface area contributed by atoms with Crippen molar-refractivity contribution < 1.29 is 144 Å². The minimum absolute atomic E-state index is 0.0109. The van der Waals surface area contributed by atoms with Crippen LogP contribution in [0.4, 0.5) is 0 Å². The number of aliphatic hydroxyl groups is 3. The first kappa shape index (κ1) is 103. The number of nitrogens with one attached hydrogen (secondary N) is 2. The van der Waals surface area contributed by atoms with Crippen molar-refractivity contribution in [3.63, 3.8) is 0 Å². The number of likely N-dealkylation sites (tertiary alicyclic amines) is 1. The first-order valence-corrected chi connectivity index (χ1v) is 49.5. The lowest BCUT2D eigenvalue weighted by Gasteiger charge is -2.49. The van der Waals surface area contributed by atoms with Gasteiger partial charge in [-0.3, -0.25) is 14.4 Å². The Labute approximate surface area is 805 Å². The molecular weight excluding hydrogens is 1780 g/mol. The summed E-state index contributed by atoms with van der Waals surface area (Å²) in [4.78, 5) is 157. The number of rotatable bonds is 19. The second kappa shape index (κ2) is 42.5. The van der Waals surface area contributed by atoms with E-state index in [9.17, 15) is 72.9 Å². The maximum absolute atomic E-state index is 13.6. The van der Waals surface area contributed by atoms with Crippen molar-refractivity contribution in [3.8, 4) is 0 Å². The molecule has 33 nitrogen and oxygen atoms in total. The molecule has 5 N–H and O–H groups in total. The summed E-state index contributed by atoms with van der Waals surface area (Å²) in [5, 5.41) is 40.9. The average Bonchev–Trinajstić information content (AvgIpc) is 1.54. The zero-order chi connectivity index (χ0) is 99.2. The number of cyclic esters (lactones) is 3. The van der Waals surface area contributed by atoms with Crippen LogP contribution in [0.5, 0.6) is 0 Å². The fourth-order valence-corrected chi connectivity index (χ4v) is 24.9. The summed E-state index contributed by atoms with van der Waals surface area (Å²) in [5.41, 5.74) is 1.08. The van der Waals surface area contributed by atoms with Crippen LogP contribution in [0.3, 0.4) is 0 Å². The van der Waals surface area contributed by atoms with Crippen molar-refractivity contribution in [3.05, 3.63) is 143 Å². The van der Waals surface area contributed by atoms with Crippen molar-refractivity contribution in [2.75, 3.05) is 41.0 Å². The molecule has 0 aromatic rings. The summed E-state index contributed by atoms with van der Waals surface area (Å²) < 4.78 is 90.7. The van der Waals surface area contributed by atoms with E-state index in [-0.39, 0.29) is 78.6 Å². The van der Waals surface area contributed by atoms with Gasteiger partial charge in [0.2, 0.25) is 0 Å². The van der Waals surface area contributed by atoms with Crippen molar-refractivity contribution in [2.24, 2.45) is 88.8 Å². The van der Waals surface area contributed by atoms with Crippen LogP contribution in [0, 0.1) is 88.8 Å². The molecule has 10 aliphatic carbocycles. The lowest BCUT2D eigenvalue weighted by Crippen LogP contribution is -2.57. The molecule has 0 aromatic carbocycles. The van der Waals surface area contributed by atoms with E-state index in [4.69, 9.17) is 71.1 Å². The Morgan fingerprint density at radius 2 is 0.790 bits per heavy atom. The molecule has 4 saturated carbocycles. The molecule has 17 rings (SSSR count). The Balaban J connectivity index is 0.000000157. The number of amides is 3. The Kier molecular flexibility index (Phi) is 31.6. The number of piperidine rings is 1. The van der Waals surface area contributed by atoms with Crippen LogP contribution in [0.25, 0.3) is 0 Å². The van der Waals surface area contributed by atoms with E-state index < -0.39 is 234 Å². The predicted octanol–water partition coefficient (Wildman–Crippen LogP) is 8.79. The van der Waals surface area contributed by atoms with Gasteiger partial charge in [0.05, 0.1) is 18.3 Å². The molecule has 36 atom stereocenters. The monoisotopic (exact) mass is 1920 g/mol. The van der Waals surface area contributed by atoms with E-state index in [1.807, 2.05) is 160 Å². The minimum Gasteiger partial charge on any atom is -0.456 e. The summed E-state index contributed by atoms with van der Waals surface area (Å²) in [6, 6.07) is -0.0109. The van der Waals surface area contributed by atoms with Gasteiger partial charge in [-0.05, 0) is 135 Å². The van der Waals surface area contributed by atoms with Crippen LogP contribution < -0.4 is 10.6 Å². The van der Waals surface area contributed by atoms with Crippen LogP contribution in [0.1, 0.15) is 173 Å². The second-order valence-corrected chi connectivity index (χ2v) is 40.8. The van der Waals surface area contributed by atoms with Gasteiger partial charge in [0, 0.05) is 152 Å². The minimum atomic E-state index is -1.05. The van der Waals surface area contributed by atoms with Crippen molar-refractivity contribution in [1.29, 1.82) is 0 Å². The maximum Gasteiger partial charge on any atom is 0.397 e. The van der Waals surface area contributed by atoms with Crippen molar-refractivity contribution >= 4 is 71.4 Å². The largest absolute Gasteiger partial charge is 0.456 e. The smallest absolute Gasteiger partial charge is 0.397 e. The molecular formula is C105H137N3O30. The highest BCUT2D eigenvalue weighted by Gasteiger charge is 2.73. The fourth-order valence-electron chi connectivity index (χ4n) is 24.9. The van der Waals surface area contributed by atoms with Crippen molar-refractivity contribution in [2.45, 2.75) is 306 Å². The first-order chi connectivity index (χ1) is 65.9. The number of nitrogens with zero attached hydrogens (tertiary/aromatic N) is 1. The summed E-state index contributed by atoms with van der Waals surface area (Å²) >= 11 is 0. The Morgan fingerprint density at radius 3 is 1.09 bits per heavy atom. The molecule has 0 aromatic heterocycles. The number of methoxy groups -OCH3 is 3. The molecule has 8 fully saturated rings. The second-order valence-electron chi connectivity index (χ2n) is 40.8. The van der Waals surface area contributed by atoms with Crippen LogP contribution >= 0.6 is 0 Å². The van der Waals surface area contributed by atoms with Gasteiger partial charge in [-0.25, -0.2) is 43.2 Å². The molecule has 3 amide bonds. The molecule has 6 unspecified atom stereocenters. The number of esters is 9. The molecule has 7 heterocycles. The van der Waals surface area contributed by atoms with Gasteiger partial charge in [-0.15, -0.1) is 0 Å². The third-order valence-corrected chi connectivity index (χ3v) is 32.2. The third kappa shape index (κ3) is 19.6. The van der Waals surface area contributed by atoms with Gasteiger partial charge in [-0.2, -0.15) is 0 Å². The predicted molar refractivity (Wildman–Crippen MR) is 493 cm³/mol. The molecule has 138 heavy (non-hydrogen) atoms. The molecule has 4 saturated heterocycles. The number of unbranched alkanes of at least 4 members (excludes halogenated alkanes) is 1. The van der Waals surface area contributed by atoms with Crippen LogP contribution in [0.2, 0.25) is 0 Å². The molecule has 3 spiro atoms. The Morgan fingerprint density at radius 1 is 0.464 bits per heavy atom. The van der Waals surface area contributed by atoms with E-state index in [2.05, 4.69) is 10.6 Å². The highest BCUT2D eigenvalue weighted by Crippen LogP contribution is 2.65. The molecule has 7 aliphatic heterocycles. The van der Waals surface area contributed by atoms with E-state index in [1.165, 1.54) is 26.2 Å². The zero-order valence-corrected chi connectivity index (χ0v) is 81.6. The van der Waals surface area contributed by atoms with E-state index in [1.54, 1.807) is 39.0 Å². The van der Waals surface area contributed by atoms with E-state index in [0.717, 1.165) is 61.7 Å².